The van der Waals surface area contributed by atoms with Gasteiger partial charge in [0.05, 0.1) is 11.4 Å². The molecule has 0 radical (unpaired) electrons. The standard InChI is InChI=1S/C15H19F3N2OS.ClH/c1-10-4-5-13(22-9-15(16,17)18)12(7-10)20-14(21)8-11-3-2-6-19-11;/h4-5,7,11,19H,2-3,6,8-9H2,1H3,(H,20,21);1H. The van der Waals surface area contributed by atoms with E-state index >= 15 is 0 Å². The smallest absolute Gasteiger partial charge is 0.325 e. The molecular formula is C15H20ClF3N2OS. The van der Waals surface area contributed by atoms with Gasteiger partial charge in [0, 0.05) is 17.4 Å². The fraction of sp³-hybridized carbons (Fsp3) is 0.533. The zero-order chi connectivity index (χ0) is 16.2. The molecule has 1 aromatic carbocycles. The number of carbonyl (C=O) groups is 1. The molecule has 130 valence electrons. The van der Waals surface area contributed by atoms with Crippen molar-refractivity contribution < 1.29 is 18.0 Å². The normalized spacial score (nSPS) is 17.7. The molecule has 0 saturated carbocycles. The Morgan fingerprint density at radius 3 is 2.78 bits per heavy atom. The Balaban J connectivity index is 0.00000264. The number of carbonyl (C=O) groups excluding carboxylic acids is 1. The Morgan fingerprint density at radius 1 is 1.43 bits per heavy atom. The molecule has 1 heterocycles. The molecule has 3 nitrogen and oxygen atoms in total. The average molecular weight is 369 g/mol. The van der Waals surface area contributed by atoms with Crippen molar-refractivity contribution in [1.29, 1.82) is 0 Å². The molecule has 23 heavy (non-hydrogen) atoms. The average Bonchev–Trinajstić information content (AvgIpc) is 2.89. The summed E-state index contributed by atoms with van der Waals surface area (Å²) in [7, 11) is 0. The molecule has 1 aliphatic rings. The molecule has 0 aromatic heterocycles. The molecule has 2 N–H and O–H groups in total. The van der Waals surface area contributed by atoms with Crippen molar-refractivity contribution in [2.24, 2.45) is 0 Å². The maximum absolute atomic E-state index is 12.4. The first-order valence-corrected chi connectivity index (χ1v) is 8.15. The second-order valence-electron chi connectivity index (χ2n) is 5.45. The van der Waals surface area contributed by atoms with Crippen LogP contribution in [0, 0.1) is 6.92 Å². The highest BCUT2D eigenvalue weighted by Crippen LogP contribution is 2.33. The van der Waals surface area contributed by atoms with Gasteiger partial charge in [0.2, 0.25) is 5.91 Å². The minimum atomic E-state index is -4.23. The zero-order valence-corrected chi connectivity index (χ0v) is 14.3. The highest BCUT2D eigenvalue weighted by Gasteiger charge is 2.28. The summed E-state index contributed by atoms with van der Waals surface area (Å²) in [6.07, 6.45) is -1.88. The first-order chi connectivity index (χ1) is 10.3. The van der Waals surface area contributed by atoms with Gasteiger partial charge in [0.25, 0.3) is 0 Å². The number of amides is 1. The van der Waals surface area contributed by atoms with E-state index in [0.717, 1.165) is 24.9 Å². The maximum atomic E-state index is 12.4. The van der Waals surface area contributed by atoms with E-state index in [9.17, 15) is 18.0 Å². The molecule has 1 aliphatic heterocycles. The summed E-state index contributed by atoms with van der Waals surface area (Å²) < 4.78 is 37.1. The summed E-state index contributed by atoms with van der Waals surface area (Å²) in [4.78, 5) is 12.5. The summed E-state index contributed by atoms with van der Waals surface area (Å²) in [6.45, 7) is 2.75. The van der Waals surface area contributed by atoms with E-state index in [4.69, 9.17) is 0 Å². The molecule has 1 amide bonds. The van der Waals surface area contributed by atoms with E-state index < -0.39 is 11.9 Å². The molecule has 2 rings (SSSR count). The molecule has 1 atom stereocenters. The molecule has 0 bridgehead atoms. The van der Waals surface area contributed by atoms with Gasteiger partial charge in [-0.05, 0) is 44.0 Å². The van der Waals surface area contributed by atoms with E-state index in [1.807, 2.05) is 6.92 Å². The number of aryl methyl sites for hydroxylation is 1. The lowest BCUT2D eigenvalue weighted by Gasteiger charge is -2.14. The van der Waals surface area contributed by atoms with E-state index in [-0.39, 0.29) is 24.4 Å². The number of alkyl halides is 3. The summed E-state index contributed by atoms with van der Waals surface area (Å²) in [5.41, 5.74) is 1.35. The Kier molecular flexibility index (Phi) is 7.70. The van der Waals surface area contributed by atoms with Crippen molar-refractivity contribution in [3.8, 4) is 0 Å². The second kappa shape index (κ2) is 8.80. The predicted molar refractivity (Wildman–Crippen MR) is 89.5 cm³/mol. The van der Waals surface area contributed by atoms with E-state index in [1.165, 1.54) is 0 Å². The van der Waals surface area contributed by atoms with Gasteiger partial charge in [-0.2, -0.15) is 13.2 Å². The molecular weight excluding hydrogens is 349 g/mol. The largest absolute Gasteiger partial charge is 0.398 e. The van der Waals surface area contributed by atoms with Crippen molar-refractivity contribution in [2.75, 3.05) is 17.6 Å². The second-order valence-corrected chi connectivity index (χ2v) is 6.47. The third kappa shape index (κ3) is 7.01. The zero-order valence-electron chi connectivity index (χ0n) is 12.7. The molecule has 0 aliphatic carbocycles. The van der Waals surface area contributed by atoms with Crippen LogP contribution in [0.25, 0.3) is 0 Å². The summed E-state index contributed by atoms with van der Waals surface area (Å²) in [6, 6.07) is 5.23. The van der Waals surface area contributed by atoms with E-state index in [0.29, 0.717) is 28.8 Å². The Labute approximate surface area is 144 Å². The van der Waals surface area contributed by atoms with Crippen LogP contribution in [0.4, 0.5) is 18.9 Å². The molecule has 0 spiro atoms. The summed E-state index contributed by atoms with van der Waals surface area (Å²) in [5.74, 6) is -1.14. The van der Waals surface area contributed by atoms with Crippen LogP contribution in [0.1, 0.15) is 24.8 Å². The summed E-state index contributed by atoms with van der Waals surface area (Å²) >= 11 is 0.692. The van der Waals surface area contributed by atoms with Crippen molar-refractivity contribution in [1.82, 2.24) is 5.32 Å². The molecule has 1 unspecified atom stereocenters. The van der Waals surface area contributed by atoms with Crippen LogP contribution < -0.4 is 10.6 Å². The van der Waals surface area contributed by atoms with Gasteiger partial charge in [-0.1, -0.05) is 6.07 Å². The number of nitrogens with one attached hydrogen (secondary N) is 2. The van der Waals surface area contributed by atoms with Gasteiger partial charge < -0.3 is 10.6 Å². The van der Waals surface area contributed by atoms with E-state index in [1.54, 1.807) is 18.2 Å². The van der Waals surface area contributed by atoms with Gasteiger partial charge in [0.1, 0.15) is 0 Å². The van der Waals surface area contributed by atoms with Gasteiger partial charge in [0.15, 0.2) is 0 Å². The topological polar surface area (TPSA) is 41.1 Å². The summed E-state index contributed by atoms with van der Waals surface area (Å²) in [5, 5.41) is 5.98. The Morgan fingerprint density at radius 2 is 2.17 bits per heavy atom. The number of anilines is 1. The van der Waals surface area contributed by atoms with E-state index in [2.05, 4.69) is 10.6 Å². The Bertz CT molecular complexity index is 534. The monoisotopic (exact) mass is 368 g/mol. The molecule has 1 aromatic rings. The Hall–Kier alpha value is -0.920. The van der Waals surface area contributed by atoms with Gasteiger partial charge >= 0.3 is 6.18 Å². The first kappa shape index (κ1) is 20.1. The van der Waals surface area contributed by atoms with Crippen molar-refractivity contribution in [3.63, 3.8) is 0 Å². The van der Waals surface area contributed by atoms with Crippen LogP contribution in [0.2, 0.25) is 0 Å². The van der Waals surface area contributed by atoms with Crippen molar-refractivity contribution >= 4 is 35.8 Å². The molecule has 1 saturated heterocycles. The minimum Gasteiger partial charge on any atom is -0.325 e. The van der Waals surface area contributed by atoms with Gasteiger partial charge in [-0.25, -0.2) is 0 Å². The third-order valence-corrected chi connectivity index (χ3v) is 4.53. The van der Waals surface area contributed by atoms with Gasteiger partial charge in [-0.3, -0.25) is 4.79 Å². The fourth-order valence-electron chi connectivity index (χ4n) is 2.38. The number of hydrogen-bond donors (Lipinski definition) is 2. The van der Waals surface area contributed by atoms with Crippen LogP contribution in [-0.4, -0.2) is 30.4 Å². The van der Waals surface area contributed by atoms with Crippen molar-refractivity contribution in [2.45, 2.75) is 43.3 Å². The minimum absolute atomic E-state index is 0. The highest BCUT2D eigenvalue weighted by molar-refractivity contribution is 7.99. The quantitative estimate of drug-likeness (QED) is 0.767. The SMILES string of the molecule is Cc1ccc(SCC(F)(F)F)c(NC(=O)CC2CCCN2)c1.Cl. The number of halogens is 4. The molecule has 1 fully saturated rings. The van der Waals surface area contributed by atoms with Crippen LogP contribution in [-0.2, 0) is 4.79 Å². The number of benzene rings is 1. The van der Waals surface area contributed by atoms with Crippen molar-refractivity contribution in [3.05, 3.63) is 23.8 Å². The van der Waals surface area contributed by atoms with Crippen LogP contribution in [0.5, 0.6) is 0 Å². The van der Waals surface area contributed by atoms with Crippen LogP contribution in [0.15, 0.2) is 23.1 Å². The molecule has 8 heteroatoms. The van der Waals surface area contributed by atoms with Crippen LogP contribution in [0.3, 0.4) is 0 Å². The third-order valence-electron chi connectivity index (χ3n) is 3.39. The number of thioether (sulfide) groups is 1. The lowest BCUT2D eigenvalue weighted by atomic mass is 10.1. The lowest BCUT2D eigenvalue weighted by Crippen LogP contribution is -2.27. The lowest BCUT2D eigenvalue weighted by molar-refractivity contribution is -0.116. The highest BCUT2D eigenvalue weighted by atomic mass is 35.5. The fourth-order valence-corrected chi connectivity index (χ4v) is 3.13. The van der Waals surface area contributed by atoms with Gasteiger partial charge in [-0.15, -0.1) is 24.2 Å². The predicted octanol–water partition coefficient (Wildman–Crippen LogP) is 4.15. The number of hydrogen-bond acceptors (Lipinski definition) is 3. The maximum Gasteiger partial charge on any atom is 0.398 e. The number of rotatable bonds is 5. The first-order valence-electron chi connectivity index (χ1n) is 7.17. The van der Waals surface area contributed by atoms with Crippen LogP contribution >= 0.6 is 24.2 Å².